The van der Waals surface area contributed by atoms with Gasteiger partial charge < -0.3 is 14.2 Å². The third kappa shape index (κ3) is 6.02. The first kappa shape index (κ1) is 38.4. The van der Waals surface area contributed by atoms with E-state index in [1.54, 1.807) is 0 Å². The van der Waals surface area contributed by atoms with Crippen LogP contribution >= 0.6 is 0 Å². The van der Waals surface area contributed by atoms with Crippen LogP contribution < -0.4 is 26.2 Å². The van der Waals surface area contributed by atoms with E-state index in [-0.39, 0.29) is 23.0 Å². The number of fused-ring (bicyclic) bond motifs is 8. The van der Waals surface area contributed by atoms with Crippen molar-refractivity contribution >= 4 is 89.9 Å². The number of hydrogen-bond acceptors (Lipinski definition) is 3. The van der Waals surface area contributed by atoms with E-state index in [1.807, 2.05) is 6.07 Å². The minimum atomic E-state index is -0.108. The average molecular weight is 805 g/mol. The van der Waals surface area contributed by atoms with Gasteiger partial charge in [-0.25, -0.2) is 0 Å². The van der Waals surface area contributed by atoms with Crippen LogP contribution in [0.2, 0.25) is 0 Å². The van der Waals surface area contributed by atoms with E-state index < -0.39 is 0 Å². The Balaban J connectivity index is 1.19. The van der Waals surface area contributed by atoms with E-state index in [9.17, 15) is 0 Å². The number of para-hydroxylation sites is 2. The predicted octanol–water partition coefficient (Wildman–Crippen LogP) is 14.4. The average Bonchev–Trinajstić information content (AvgIpc) is 3.64. The van der Waals surface area contributed by atoms with Gasteiger partial charge in [0, 0.05) is 50.5 Å². The van der Waals surface area contributed by atoms with E-state index in [4.69, 9.17) is 4.42 Å². The zero-order valence-electron chi connectivity index (χ0n) is 37.4. The van der Waals surface area contributed by atoms with E-state index in [0.717, 1.165) is 38.8 Å². The molecule has 8 aromatic carbocycles. The standard InChI is InChI=1S/C58H53BN2O/c1-56(2,3)39-24-29-49-47(32-39)59-48-33-40(57(4,5)6)25-30-50(48)61(43-28-21-36-15-10-11-16-38(36)31-43)52-35-41(58(7,8)9)34-51(54(52)59)60(49)42-26-22-37(23-27-42)44-18-14-19-46-45-17-12-13-20-53(45)62-55(44)46/h10-35H,1-9H3. The second-order valence-corrected chi connectivity index (χ2v) is 20.7. The molecule has 4 heteroatoms. The number of hydrogen-bond donors (Lipinski definition) is 0. The quantitative estimate of drug-likeness (QED) is 0.166. The zero-order chi connectivity index (χ0) is 42.9. The minimum Gasteiger partial charge on any atom is -0.455 e. The molecule has 2 aliphatic heterocycles. The molecule has 2 aliphatic rings. The third-order valence-electron chi connectivity index (χ3n) is 13.5. The fourth-order valence-corrected chi connectivity index (χ4v) is 10.0. The summed E-state index contributed by atoms with van der Waals surface area (Å²) in [7, 11) is 0. The van der Waals surface area contributed by atoms with Crippen molar-refractivity contribution in [1.29, 1.82) is 0 Å². The van der Waals surface area contributed by atoms with E-state index >= 15 is 0 Å². The van der Waals surface area contributed by atoms with Crippen molar-refractivity contribution in [3.8, 4) is 11.1 Å². The summed E-state index contributed by atoms with van der Waals surface area (Å²) in [6, 6.07) is 59.3. The highest BCUT2D eigenvalue weighted by Gasteiger charge is 2.45. The van der Waals surface area contributed by atoms with Crippen molar-refractivity contribution in [3.63, 3.8) is 0 Å². The molecule has 62 heavy (non-hydrogen) atoms. The number of furan rings is 1. The molecule has 0 amide bonds. The molecule has 0 N–H and O–H groups in total. The van der Waals surface area contributed by atoms with Crippen LogP contribution in [-0.4, -0.2) is 6.71 Å². The topological polar surface area (TPSA) is 19.6 Å². The van der Waals surface area contributed by atoms with E-state index in [0.29, 0.717) is 0 Å². The lowest BCUT2D eigenvalue weighted by atomic mass is 9.33. The van der Waals surface area contributed by atoms with Crippen LogP contribution in [0.5, 0.6) is 0 Å². The van der Waals surface area contributed by atoms with Gasteiger partial charge in [0.15, 0.2) is 0 Å². The van der Waals surface area contributed by atoms with Gasteiger partial charge >= 0.3 is 0 Å². The smallest absolute Gasteiger partial charge is 0.252 e. The SMILES string of the molecule is CC(C)(C)c1ccc2c(c1)B1c3cc(C(C)(C)C)ccc3N(c3ccc4ccccc4c3)c3cc(C(C)(C)C)cc(c31)N2c1ccc(-c2cccc3c2oc2ccccc23)cc1. The summed E-state index contributed by atoms with van der Waals surface area (Å²) in [6.07, 6.45) is 0. The molecular weight excluding hydrogens is 751 g/mol. The first-order valence-corrected chi connectivity index (χ1v) is 22.2. The summed E-state index contributed by atoms with van der Waals surface area (Å²) in [5.74, 6) is 0. The highest BCUT2D eigenvalue weighted by molar-refractivity contribution is 7.00. The lowest BCUT2D eigenvalue weighted by molar-refractivity contribution is 0.590. The fourth-order valence-electron chi connectivity index (χ4n) is 10.0. The largest absolute Gasteiger partial charge is 0.455 e. The molecule has 3 heterocycles. The van der Waals surface area contributed by atoms with Crippen LogP contribution in [0, 0.1) is 0 Å². The van der Waals surface area contributed by atoms with Gasteiger partial charge in [0.05, 0.1) is 0 Å². The third-order valence-corrected chi connectivity index (χ3v) is 13.5. The first-order valence-electron chi connectivity index (χ1n) is 22.2. The van der Waals surface area contributed by atoms with Crippen molar-refractivity contribution in [1.82, 2.24) is 0 Å². The molecule has 0 atom stereocenters. The van der Waals surface area contributed by atoms with Gasteiger partial charge in [-0.1, -0.05) is 165 Å². The molecule has 0 unspecified atom stereocenters. The van der Waals surface area contributed by atoms with Crippen molar-refractivity contribution in [2.24, 2.45) is 0 Å². The molecular formula is C58H53BN2O. The van der Waals surface area contributed by atoms with Crippen LogP contribution in [0.15, 0.2) is 162 Å². The normalized spacial score (nSPS) is 13.8. The predicted molar refractivity (Wildman–Crippen MR) is 267 cm³/mol. The Morgan fingerprint density at radius 1 is 0.419 bits per heavy atom. The summed E-state index contributed by atoms with van der Waals surface area (Å²) >= 11 is 0. The summed E-state index contributed by atoms with van der Waals surface area (Å²) in [5, 5.41) is 4.77. The number of anilines is 6. The van der Waals surface area contributed by atoms with E-state index in [1.165, 1.54) is 72.3 Å². The Bertz CT molecular complexity index is 3260. The van der Waals surface area contributed by atoms with Crippen LogP contribution in [-0.2, 0) is 16.2 Å². The zero-order valence-corrected chi connectivity index (χ0v) is 37.4. The molecule has 304 valence electrons. The molecule has 1 aromatic heterocycles. The maximum Gasteiger partial charge on any atom is 0.252 e. The highest BCUT2D eigenvalue weighted by Crippen LogP contribution is 2.48. The van der Waals surface area contributed by atoms with E-state index in [2.05, 4.69) is 224 Å². The van der Waals surface area contributed by atoms with Crippen LogP contribution in [0.1, 0.15) is 79.0 Å². The molecule has 0 saturated carbocycles. The van der Waals surface area contributed by atoms with Crippen LogP contribution in [0.25, 0.3) is 43.8 Å². The summed E-state index contributed by atoms with van der Waals surface area (Å²) in [6.45, 7) is 21.1. The van der Waals surface area contributed by atoms with Gasteiger partial charge in [-0.3, -0.25) is 0 Å². The van der Waals surface area contributed by atoms with Crippen molar-refractivity contribution in [2.45, 2.75) is 78.6 Å². The molecule has 0 bridgehead atoms. The number of benzene rings is 8. The highest BCUT2D eigenvalue weighted by atomic mass is 16.3. The van der Waals surface area contributed by atoms with Gasteiger partial charge in [0.1, 0.15) is 11.2 Å². The minimum absolute atomic E-state index is 0.0206. The number of nitrogens with zero attached hydrogens (tertiary/aromatic N) is 2. The molecule has 0 radical (unpaired) electrons. The second kappa shape index (κ2) is 13.5. The maximum absolute atomic E-state index is 6.52. The number of rotatable bonds is 3. The van der Waals surface area contributed by atoms with Gasteiger partial charge in [0.2, 0.25) is 0 Å². The van der Waals surface area contributed by atoms with Gasteiger partial charge in [0.25, 0.3) is 6.71 Å². The Morgan fingerprint density at radius 2 is 0.968 bits per heavy atom. The first-order chi connectivity index (χ1) is 29.6. The molecule has 0 aliphatic carbocycles. The lowest BCUT2D eigenvalue weighted by Gasteiger charge is -2.45. The van der Waals surface area contributed by atoms with Crippen LogP contribution in [0.4, 0.5) is 34.1 Å². The summed E-state index contributed by atoms with van der Waals surface area (Å²) in [5.41, 5.74) is 19.2. The molecule has 0 spiro atoms. The Labute approximate surface area is 366 Å². The molecule has 11 rings (SSSR count). The summed E-state index contributed by atoms with van der Waals surface area (Å²) in [4.78, 5) is 5.11. The van der Waals surface area contributed by atoms with Gasteiger partial charge in [-0.15, -0.1) is 0 Å². The molecule has 0 fully saturated rings. The van der Waals surface area contributed by atoms with Crippen molar-refractivity contribution in [3.05, 3.63) is 174 Å². The second-order valence-electron chi connectivity index (χ2n) is 20.7. The molecule has 3 nitrogen and oxygen atoms in total. The molecule has 9 aromatic rings. The molecule has 0 saturated heterocycles. The Hall–Kier alpha value is -6.52. The summed E-state index contributed by atoms with van der Waals surface area (Å²) < 4.78 is 6.52. The lowest BCUT2D eigenvalue weighted by Crippen LogP contribution is -2.61. The fraction of sp³-hybridized carbons (Fsp3) is 0.207. The Kier molecular flexibility index (Phi) is 8.36. The Morgan fingerprint density at radius 3 is 1.60 bits per heavy atom. The van der Waals surface area contributed by atoms with Crippen molar-refractivity contribution in [2.75, 3.05) is 9.80 Å². The maximum atomic E-state index is 6.52. The van der Waals surface area contributed by atoms with Gasteiger partial charge in [-0.05, 0) is 120 Å². The van der Waals surface area contributed by atoms with Crippen molar-refractivity contribution < 1.29 is 4.42 Å². The monoisotopic (exact) mass is 804 g/mol. The van der Waals surface area contributed by atoms with Crippen LogP contribution in [0.3, 0.4) is 0 Å². The van der Waals surface area contributed by atoms with Gasteiger partial charge in [-0.2, -0.15) is 0 Å².